The van der Waals surface area contributed by atoms with Gasteiger partial charge in [0, 0.05) is 25.5 Å². The molecule has 2 aromatic rings. The molecule has 1 aliphatic heterocycles. The molecule has 0 aromatic heterocycles. The van der Waals surface area contributed by atoms with Gasteiger partial charge in [0.15, 0.2) is 5.11 Å². The van der Waals surface area contributed by atoms with Crippen LogP contribution in [0.1, 0.15) is 18.5 Å². The van der Waals surface area contributed by atoms with Gasteiger partial charge in [-0.3, -0.25) is 4.79 Å². The molecule has 0 spiro atoms. The molecule has 0 aliphatic carbocycles. The second-order valence-electron chi connectivity index (χ2n) is 6.49. The summed E-state index contributed by atoms with van der Waals surface area (Å²) >= 11 is 11.5. The van der Waals surface area contributed by atoms with Crippen LogP contribution in [0.3, 0.4) is 0 Å². The first-order valence-corrected chi connectivity index (χ1v) is 9.27. The summed E-state index contributed by atoms with van der Waals surface area (Å²) < 4.78 is 0. The molecule has 140 valence electrons. The minimum atomic E-state index is -0.350. The number of allylic oxidation sites excluding steroid dienone is 1. The summed E-state index contributed by atoms with van der Waals surface area (Å²) in [4.78, 5) is 15.1. The highest BCUT2D eigenvalue weighted by Crippen LogP contribution is 2.30. The molecular weight excluding hydrogens is 380 g/mol. The molecule has 27 heavy (non-hydrogen) atoms. The first kappa shape index (κ1) is 19.2. The number of hydrogen-bond acceptors (Lipinski definition) is 3. The van der Waals surface area contributed by atoms with Gasteiger partial charge in [0.25, 0.3) is 5.91 Å². The normalized spacial score (nSPS) is 16.4. The maximum atomic E-state index is 13.0. The molecule has 5 nitrogen and oxygen atoms in total. The topological polar surface area (TPSA) is 56.4 Å². The second-order valence-corrected chi connectivity index (χ2v) is 7.31. The Morgan fingerprint density at radius 2 is 1.81 bits per heavy atom. The van der Waals surface area contributed by atoms with Crippen molar-refractivity contribution in [1.29, 1.82) is 0 Å². The Morgan fingerprint density at radius 3 is 2.44 bits per heavy atom. The fourth-order valence-electron chi connectivity index (χ4n) is 2.96. The highest BCUT2D eigenvalue weighted by molar-refractivity contribution is 7.80. The number of amides is 1. The first-order valence-electron chi connectivity index (χ1n) is 8.48. The quantitative estimate of drug-likeness (QED) is 0.681. The van der Waals surface area contributed by atoms with E-state index in [1.807, 2.05) is 62.3 Å². The molecule has 2 aromatic carbocycles. The summed E-state index contributed by atoms with van der Waals surface area (Å²) in [6.07, 6.45) is 0. The van der Waals surface area contributed by atoms with Crippen molar-refractivity contribution in [2.75, 3.05) is 24.3 Å². The lowest BCUT2D eigenvalue weighted by atomic mass is 9.94. The van der Waals surface area contributed by atoms with E-state index in [-0.39, 0.29) is 11.9 Å². The van der Waals surface area contributed by atoms with Crippen LogP contribution in [0.5, 0.6) is 0 Å². The number of thiocarbonyl (C=S) groups is 1. The zero-order chi connectivity index (χ0) is 19.6. The van der Waals surface area contributed by atoms with Crippen LogP contribution in [0.2, 0.25) is 5.02 Å². The second kappa shape index (κ2) is 7.98. The zero-order valence-corrected chi connectivity index (χ0v) is 16.9. The van der Waals surface area contributed by atoms with Crippen molar-refractivity contribution in [3.05, 3.63) is 70.4 Å². The molecule has 0 radical (unpaired) electrons. The highest BCUT2D eigenvalue weighted by atomic mass is 35.5. The molecular formula is C20H21ClN4OS. The molecule has 0 saturated heterocycles. The molecule has 3 rings (SSSR count). The standard InChI is InChI=1S/C20H21ClN4OS/c1-12-17(19(26)23-16-7-5-4-6-15(16)21)18(24-20(27)22-12)13-8-10-14(11-9-13)25(2)3/h4-11,18H,1-3H3,(H,23,26)(H2,22,24,27). The average Bonchev–Trinajstić information content (AvgIpc) is 2.63. The smallest absolute Gasteiger partial charge is 0.255 e. The summed E-state index contributed by atoms with van der Waals surface area (Å²) in [6, 6.07) is 14.8. The predicted octanol–water partition coefficient (Wildman–Crippen LogP) is 3.84. The molecule has 7 heteroatoms. The largest absolute Gasteiger partial charge is 0.378 e. The van der Waals surface area contributed by atoms with Gasteiger partial charge < -0.3 is 20.9 Å². The third-order valence-corrected chi connectivity index (χ3v) is 4.93. The van der Waals surface area contributed by atoms with Gasteiger partial charge in [0.05, 0.1) is 22.3 Å². The fraction of sp³-hybridized carbons (Fsp3) is 0.200. The van der Waals surface area contributed by atoms with Crippen LogP contribution >= 0.6 is 23.8 Å². The van der Waals surface area contributed by atoms with Gasteiger partial charge >= 0.3 is 0 Å². The number of anilines is 2. The third kappa shape index (κ3) is 4.23. The molecule has 1 aliphatic rings. The van der Waals surface area contributed by atoms with Gasteiger partial charge in [-0.15, -0.1) is 0 Å². The van der Waals surface area contributed by atoms with Gasteiger partial charge in [-0.05, 0) is 49.0 Å². The van der Waals surface area contributed by atoms with Crippen LogP contribution < -0.4 is 20.9 Å². The molecule has 3 N–H and O–H groups in total. The van der Waals surface area contributed by atoms with Crippen LogP contribution in [0.4, 0.5) is 11.4 Å². The Hall–Kier alpha value is -2.57. The maximum absolute atomic E-state index is 13.0. The summed E-state index contributed by atoms with van der Waals surface area (Å²) in [5, 5.41) is 10.1. The van der Waals surface area contributed by atoms with Crippen molar-refractivity contribution >= 4 is 46.2 Å². The Kier molecular flexibility index (Phi) is 5.68. The Bertz CT molecular complexity index is 908. The van der Waals surface area contributed by atoms with Crippen molar-refractivity contribution in [3.8, 4) is 0 Å². The molecule has 0 bridgehead atoms. The van der Waals surface area contributed by atoms with Crippen LogP contribution in [0, 0.1) is 0 Å². The van der Waals surface area contributed by atoms with Gasteiger partial charge in [-0.1, -0.05) is 35.9 Å². The minimum Gasteiger partial charge on any atom is -0.378 e. The maximum Gasteiger partial charge on any atom is 0.255 e. The van der Waals surface area contributed by atoms with E-state index in [1.165, 1.54) is 0 Å². The fourth-order valence-corrected chi connectivity index (χ4v) is 3.42. The van der Waals surface area contributed by atoms with Crippen molar-refractivity contribution < 1.29 is 4.79 Å². The Balaban J connectivity index is 1.94. The van der Waals surface area contributed by atoms with Crippen LogP contribution in [0.15, 0.2) is 59.8 Å². The predicted molar refractivity (Wildman–Crippen MR) is 115 cm³/mol. The number of hydrogen-bond donors (Lipinski definition) is 3. The van der Waals surface area contributed by atoms with Gasteiger partial charge in [0.2, 0.25) is 0 Å². The van der Waals surface area contributed by atoms with Crippen molar-refractivity contribution in [1.82, 2.24) is 10.6 Å². The van der Waals surface area contributed by atoms with Crippen molar-refractivity contribution in [2.24, 2.45) is 0 Å². The van der Waals surface area contributed by atoms with Crippen LogP contribution in [-0.4, -0.2) is 25.1 Å². The minimum absolute atomic E-state index is 0.232. The Labute approximate surface area is 169 Å². The van der Waals surface area contributed by atoms with Crippen LogP contribution in [-0.2, 0) is 4.79 Å². The SMILES string of the molecule is CC1=C(C(=O)Nc2ccccc2Cl)C(c2ccc(N(C)C)cc2)NC(=S)N1. The van der Waals surface area contributed by atoms with Crippen molar-refractivity contribution in [2.45, 2.75) is 13.0 Å². The lowest BCUT2D eigenvalue weighted by Gasteiger charge is -2.30. The number of para-hydroxylation sites is 1. The van der Waals surface area contributed by atoms with Gasteiger partial charge in [0.1, 0.15) is 0 Å². The zero-order valence-electron chi connectivity index (χ0n) is 15.3. The van der Waals surface area contributed by atoms with E-state index >= 15 is 0 Å². The van der Waals surface area contributed by atoms with E-state index in [9.17, 15) is 4.79 Å². The highest BCUT2D eigenvalue weighted by Gasteiger charge is 2.30. The van der Waals surface area contributed by atoms with Gasteiger partial charge in [-0.2, -0.15) is 0 Å². The number of carbonyl (C=O) groups excluding carboxylic acids is 1. The Morgan fingerprint density at radius 1 is 1.15 bits per heavy atom. The number of carbonyl (C=O) groups is 1. The summed E-state index contributed by atoms with van der Waals surface area (Å²) in [5.41, 5.74) is 3.89. The number of benzene rings is 2. The first-order chi connectivity index (χ1) is 12.9. The number of nitrogens with zero attached hydrogens (tertiary/aromatic N) is 1. The lowest BCUT2D eigenvalue weighted by molar-refractivity contribution is -0.113. The number of rotatable bonds is 4. The van der Waals surface area contributed by atoms with Crippen molar-refractivity contribution in [3.63, 3.8) is 0 Å². The number of halogens is 1. The van der Waals surface area contributed by atoms with Crippen LogP contribution in [0.25, 0.3) is 0 Å². The molecule has 1 atom stereocenters. The third-order valence-electron chi connectivity index (χ3n) is 4.38. The van der Waals surface area contributed by atoms with E-state index < -0.39 is 0 Å². The molecule has 1 amide bonds. The summed E-state index contributed by atoms with van der Waals surface area (Å²) in [6.45, 7) is 1.84. The van der Waals surface area contributed by atoms with E-state index in [4.69, 9.17) is 23.8 Å². The number of nitrogens with one attached hydrogen (secondary N) is 3. The van der Waals surface area contributed by atoms with E-state index in [0.29, 0.717) is 27.1 Å². The monoisotopic (exact) mass is 400 g/mol. The molecule has 0 saturated carbocycles. The average molecular weight is 401 g/mol. The summed E-state index contributed by atoms with van der Waals surface area (Å²) in [5.74, 6) is -0.232. The van der Waals surface area contributed by atoms with E-state index in [1.54, 1.807) is 12.1 Å². The van der Waals surface area contributed by atoms with Gasteiger partial charge in [-0.25, -0.2) is 0 Å². The molecule has 1 heterocycles. The lowest BCUT2D eigenvalue weighted by Crippen LogP contribution is -2.45. The van der Waals surface area contributed by atoms with E-state index in [2.05, 4.69) is 16.0 Å². The van der Waals surface area contributed by atoms with E-state index in [0.717, 1.165) is 11.3 Å². The molecule has 1 unspecified atom stereocenters. The molecule has 0 fully saturated rings. The summed E-state index contributed by atoms with van der Waals surface area (Å²) in [7, 11) is 3.97.